The fraction of sp³-hybridized carbons (Fsp3) is 0.583. The molecule has 0 bridgehead atoms. The second-order valence-electron chi connectivity index (χ2n) is 4.04. The Morgan fingerprint density at radius 2 is 2.45 bits per heavy atom. The van der Waals surface area contributed by atoms with Crippen molar-refractivity contribution in [2.45, 2.75) is 24.9 Å². The van der Waals surface area contributed by atoms with Crippen LogP contribution >= 0.6 is 11.8 Å². The smallest absolute Gasteiger partial charge is 0.319 e. The predicted octanol–water partition coefficient (Wildman–Crippen LogP) is 1.19. The number of hydrogen-bond donors (Lipinski definition) is 1. The Morgan fingerprint density at radius 1 is 1.60 bits per heavy atom. The van der Waals surface area contributed by atoms with Gasteiger partial charge in [0.2, 0.25) is 5.88 Å². The van der Waals surface area contributed by atoms with E-state index in [1.807, 2.05) is 6.92 Å². The highest BCUT2D eigenvalue weighted by Gasteiger charge is 2.28. The van der Waals surface area contributed by atoms with Crippen LogP contribution in [0.15, 0.2) is 12.3 Å². The highest BCUT2D eigenvalue weighted by atomic mass is 32.2. The summed E-state index contributed by atoms with van der Waals surface area (Å²) in [6, 6.07) is 1.88. The minimum atomic E-state index is -0.857. The number of aromatic nitrogens is 2. The van der Waals surface area contributed by atoms with Gasteiger partial charge in [-0.05, 0) is 6.92 Å². The molecular formula is C12H16N2O5S. The maximum absolute atomic E-state index is 10.6. The molecule has 1 aliphatic rings. The van der Waals surface area contributed by atoms with Crippen LogP contribution in [0.4, 0.5) is 0 Å². The Kier molecular flexibility index (Phi) is 5.42. The second kappa shape index (κ2) is 7.30. The van der Waals surface area contributed by atoms with E-state index >= 15 is 0 Å². The number of aliphatic carboxylic acids is 1. The van der Waals surface area contributed by atoms with E-state index in [-0.39, 0.29) is 30.6 Å². The zero-order chi connectivity index (χ0) is 14.4. The molecule has 0 aliphatic carbocycles. The van der Waals surface area contributed by atoms with Gasteiger partial charge in [0.15, 0.2) is 0 Å². The van der Waals surface area contributed by atoms with Crippen LogP contribution < -0.4 is 9.47 Å². The van der Waals surface area contributed by atoms with E-state index in [0.717, 1.165) is 0 Å². The lowest BCUT2D eigenvalue weighted by molar-refractivity contribution is -0.139. The van der Waals surface area contributed by atoms with Crippen LogP contribution in [0, 0.1) is 0 Å². The van der Waals surface area contributed by atoms with Crippen molar-refractivity contribution in [3.8, 4) is 11.9 Å². The molecule has 1 N–H and O–H groups in total. The standard InChI is InChI=1S/C12H16N2O5S/c1-2-17-9-3-4-13-12(14-9)18-6-11-19-8(7-20-11)5-10(15)16/h3-4,8,11H,2,5-7H2,1H3,(H,15,16). The molecule has 8 heteroatoms. The monoisotopic (exact) mass is 300 g/mol. The molecule has 0 radical (unpaired) electrons. The first-order chi connectivity index (χ1) is 9.67. The Labute approximate surface area is 120 Å². The average molecular weight is 300 g/mol. The number of carboxylic acid groups (broad SMARTS) is 1. The molecule has 110 valence electrons. The van der Waals surface area contributed by atoms with Crippen LogP contribution in [-0.4, -0.2) is 51.6 Å². The molecule has 7 nitrogen and oxygen atoms in total. The Bertz CT molecular complexity index is 459. The van der Waals surface area contributed by atoms with E-state index in [0.29, 0.717) is 18.2 Å². The molecular weight excluding hydrogens is 284 g/mol. The lowest BCUT2D eigenvalue weighted by atomic mass is 10.3. The SMILES string of the molecule is CCOc1ccnc(OCC2OC(CC(=O)O)CS2)n1. The van der Waals surface area contributed by atoms with Crippen LogP contribution in [0.1, 0.15) is 13.3 Å². The summed E-state index contributed by atoms with van der Waals surface area (Å²) in [5.74, 6) is 0.256. The van der Waals surface area contributed by atoms with E-state index in [2.05, 4.69) is 9.97 Å². The molecule has 1 fully saturated rings. The van der Waals surface area contributed by atoms with E-state index < -0.39 is 5.97 Å². The Hall–Kier alpha value is -1.54. The summed E-state index contributed by atoms with van der Waals surface area (Å²) in [5, 5.41) is 8.69. The third-order valence-corrected chi connectivity index (χ3v) is 3.65. The molecule has 2 atom stereocenters. The summed E-state index contributed by atoms with van der Waals surface area (Å²) >= 11 is 1.53. The quantitative estimate of drug-likeness (QED) is 0.803. The number of hydrogen-bond acceptors (Lipinski definition) is 7. The maximum Gasteiger partial charge on any atom is 0.319 e. The summed E-state index contributed by atoms with van der Waals surface area (Å²) in [5.41, 5.74) is -0.196. The highest BCUT2D eigenvalue weighted by Crippen LogP contribution is 2.27. The van der Waals surface area contributed by atoms with E-state index in [1.54, 1.807) is 12.3 Å². The van der Waals surface area contributed by atoms with Gasteiger partial charge in [-0.1, -0.05) is 0 Å². The first kappa shape index (κ1) is 14.9. The molecule has 0 amide bonds. The summed E-state index contributed by atoms with van der Waals surface area (Å²) in [6.07, 6.45) is 1.31. The first-order valence-corrected chi connectivity index (χ1v) is 7.29. The molecule has 1 saturated heterocycles. The van der Waals surface area contributed by atoms with Crippen molar-refractivity contribution in [3.63, 3.8) is 0 Å². The minimum Gasteiger partial charge on any atom is -0.481 e. The molecule has 0 spiro atoms. The van der Waals surface area contributed by atoms with Crippen LogP contribution in [-0.2, 0) is 9.53 Å². The number of carboxylic acids is 1. The normalized spacial score (nSPS) is 21.6. The van der Waals surface area contributed by atoms with Crippen molar-refractivity contribution in [1.29, 1.82) is 0 Å². The van der Waals surface area contributed by atoms with Gasteiger partial charge < -0.3 is 19.3 Å². The zero-order valence-corrected chi connectivity index (χ0v) is 11.8. The van der Waals surface area contributed by atoms with Gasteiger partial charge in [-0.15, -0.1) is 11.8 Å². The third kappa shape index (κ3) is 4.53. The van der Waals surface area contributed by atoms with Crippen molar-refractivity contribution in [2.24, 2.45) is 0 Å². The van der Waals surface area contributed by atoms with Crippen LogP contribution in [0.2, 0.25) is 0 Å². The molecule has 2 rings (SSSR count). The van der Waals surface area contributed by atoms with Gasteiger partial charge in [-0.3, -0.25) is 4.79 Å². The van der Waals surface area contributed by atoms with Gasteiger partial charge in [-0.2, -0.15) is 4.98 Å². The van der Waals surface area contributed by atoms with Crippen LogP contribution in [0.25, 0.3) is 0 Å². The molecule has 0 aromatic carbocycles. The highest BCUT2D eigenvalue weighted by molar-refractivity contribution is 8.00. The molecule has 2 unspecified atom stereocenters. The Balaban J connectivity index is 1.78. The minimum absolute atomic E-state index is 0.0137. The summed E-state index contributed by atoms with van der Waals surface area (Å²) < 4.78 is 16.2. The lowest BCUT2D eigenvalue weighted by Crippen LogP contribution is -2.20. The molecule has 1 aromatic rings. The first-order valence-electron chi connectivity index (χ1n) is 6.25. The fourth-order valence-electron chi connectivity index (χ4n) is 1.66. The van der Waals surface area contributed by atoms with Crippen molar-refractivity contribution in [3.05, 3.63) is 12.3 Å². The van der Waals surface area contributed by atoms with E-state index in [4.69, 9.17) is 19.3 Å². The van der Waals surface area contributed by atoms with Crippen molar-refractivity contribution in [1.82, 2.24) is 9.97 Å². The fourth-order valence-corrected chi connectivity index (χ4v) is 2.69. The summed E-state index contributed by atoms with van der Waals surface area (Å²) in [7, 11) is 0. The second-order valence-corrected chi connectivity index (χ2v) is 5.23. The van der Waals surface area contributed by atoms with Gasteiger partial charge in [0.05, 0.1) is 19.1 Å². The van der Waals surface area contributed by atoms with Crippen molar-refractivity contribution < 1.29 is 24.1 Å². The molecule has 0 saturated carbocycles. The average Bonchev–Trinajstić information content (AvgIpc) is 2.84. The third-order valence-electron chi connectivity index (χ3n) is 2.46. The zero-order valence-electron chi connectivity index (χ0n) is 11.0. The van der Waals surface area contributed by atoms with Gasteiger partial charge in [-0.25, -0.2) is 4.98 Å². The number of ether oxygens (including phenoxy) is 3. The molecule has 1 aromatic heterocycles. The number of nitrogens with zero attached hydrogens (tertiary/aromatic N) is 2. The largest absolute Gasteiger partial charge is 0.481 e. The van der Waals surface area contributed by atoms with Gasteiger partial charge >= 0.3 is 12.0 Å². The molecule has 2 heterocycles. The van der Waals surface area contributed by atoms with Gasteiger partial charge in [0, 0.05) is 18.0 Å². The molecule has 1 aliphatic heterocycles. The predicted molar refractivity (Wildman–Crippen MR) is 72.1 cm³/mol. The Morgan fingerprint density at radius 3 is 3.20 bits per heavy atom. The number of carbonyl (C=O) groups is 1. The molecule has 20 heavy (non-hydrogen) atoms. The van der Waals surface area contributed by atoms with Crippen molar-refractivity contribution in [2.75, 3.05) is 19.0 Å². The van der Waals surface area contributed by atoms with Gasteiger partial charge in [0.1, 0.15) is 12.0 Å². The topological polar surface area (TPSA) is 90.8 Å². The van der Waals surface area contributed by atoms with Crippen LogP contribution in [0.5, 0.6) is 11.9 Å². The lowest BCUT2D eigenvalue weighted by Gasteiger charge is -2.12. The van der Waals surface area contributed by atoms with Crippen LogP contribution in [0.3, 0.4) is 0 Å². The van der Waals surface area contributed by atoms with E-state index in [1.165, 1.54) is 11.8 Å². The summed E-state index contributed by atoms with van der Waals surface area (Å²) in [4.78, 5) is 18.6. The summed E-state index contributed by atoms with van der Waals surface area (Å²) in [6.45, 7) is 2.67. The number of thioether (sulfide) groups is 1. The van der Waals surface area contributed by atoms with E-state index in [9.17, 15) is 4.79 Å². The van der Waals surface area contributed by atoms with Gasteiger partial charge in [0.25, 0.3) is 0 Å². The maximum atomic E-state index is 10.6. The number of rotatable bonds is 7. The van der Waals surface area contributed by atoms with Crippen molar-refractivity contribution >= 4 is 17.7 Å².